The van der Waals surface area contributed by atoms with E-state index in [0.29, 0.717) is 6.61 Å². The molecule has 0 unspecified atom stereocenters. The molecule has 1 N–H and O–H groups in total. The Balaban J connectivity index is 1.67. The fraction of sp³-hybridized carbons (Fsp3) is 0.867. The Morgan fingerprint density at radius 1 is 1.15 bits per heavy atom. The van der Waals surface area contributed by atoms with E-state index in [1.54, 1.807) is 6.92 Å². The maximum absolute atomic E-state index is 12.0. The maximum atomic E-state index is 12.0. The van der Waals surface area contributed by atoms with Crippen LogP contribution in [0.4, 0.5) is 0 Å². The lowest BCUT2D eigenvalue weighted by Crippen LogP contribution is -2.44. The van der Waals surface area contributed by atoms with Gasteiger partial charge in [0.15, 0.2) is 0 Å². The first-order valence-corrected chi connectivity index (χ1v) is 7.88. The zero-order valence-corrected chi connectivity index (χ0v) is 12.4. The molecule has 1 heterocycles. The van der Waals surface area contributed by atoms with E-state index in [-0.39, 0.29) is 24.3 Å². The first kappa shape index (κ1) is 15.3. The van der Waals surface area contributed by atoms with Gasteiger partial charge < -0.3 is 15.0 Å². The first-order valence-electron chi connectivity index (χ1n) is 7.88. The molecule has 0 aromatic rings. The molecule has 1 saturated heterocycles. The van der Waals surface area contributed by atoms with E-state index in [2.05, 4.69) is 10.2 Å². The summed E-state index contributed by atoms with van der Waals surface area (Å²) in [5.74, 6) is -0.296. The third-order valence-corrected chi connectivity index (χ3v) is 4.45. The molecule has 0 aromatic carbocycles. The van der Waals surface area contributed by atoms with Crippen molar-refractivity contribution in [1.82, 2.24) is 10.2 Å². The van der Waals surface area contributed by atoms with Gasteiger partial charge in [-0.05, 0) is 45.7 Å². The van der Waals surface area contributed by atoms with Gasteiger partial charge >= 0.3 is 5.97 Å². The average Bonchev–Trinajstić information content (AvgIpc) is 2.99. The van der Waals surface area contributed by atoms with Gasteiger partial charge in [-0.2, -0.15) is 0 Å². The van der Waals surface area contributed by atoms with Crippen molar-refractivity contribution >= 4 is 11.9 Å². The number of carbonyl (C=O) groups excluding carboxylic acids is 2. The number of hydrogen-bond acceptors (Lipinski definition) is 4. The van der Waals surface area contributed by atoms with Crippen LogP contribution >= 0.6 is 0 Å². The van der Waals surface area contributed by atoms with Crippen LogP contribution in [-0.4, -0.2) is 49.1 Å². The quantitative estimate of drug-likeness (QED) is 0.773. The molecular weight excluding hydrogens is 256 g/mol. The Morgan fingerprint density at radius 2 is 1.80 bits per heavy atom. The second-order valence-electron chi connectivity index (χ2n) is 5.77. The number of rotatable bonds is 5. The second-order valence-corrected chi connectivity index (χ2v) is 5.77. The minimum atomic E-state index is -0.357. The van der Waals surface area contributed by atoms with E-state index < -0.39 is 0 Å². The zero-order chi connectivity index (χ0) is 14.4. The smallest absolute Gasteiger partial charge is 0.325 e. The number of esters is 1. The lowest BCUT2D eigenvalue weighted by molar-refractivity contribution is -0.144. The molecule has 1 aliphatic carbocycles. The van der Waals surface area contributed by atoms with Crippen molar-refractivity contribution in [2.24, 2.45) is 5.92 Å². The van der Waals surface area contributed by atoms with Crippen molar-refractivity contribution < 1.29 is 14.3 Å². The number of hydrogen-bond donors (Lipinski definition) is 1. The van der Waals surface area contributed by atoms with Gasteiger partial charge in [0.2, 0.25) is 5.91 Å². The van der Waals surface area contributed by atoms with Crippen molar-refractivity contribution in [3.63, 3.8) is 0 Å². The minimum absolute atomic E-state index is 0.00382. The van der Waals surface area contributed by atoms with Gasteiger partial charge in [-0.1, -0.05) is 12.8 Å². The SMILES string of the molecule is CCOC(=O)CNC(=O)C1CCN(C2CCCC2)CC1. The maximum Gasteiger partial charge on any atom is 0.325 e. The van der Waals surface area contributed by atoms with Crippen molar-refractivity contribution in [2.45, 2.75) is 51.5 Å². The molecule has 0 bridgehead atoms. The van der Waals surface area contributed by atoms with Gasteiger partial charge in [0.25, 0.3) is 0 Å². The number of nitrogens with one attached hydrogen (secondary N) is 1. The summed E-state index contributed by atoms with van der Waals surface area (Å²) in [6.07, 6.45) is 7.16. The summed E-state index contributed by atoms with van der Waals surface area (Å²) >= 11 is 0. The van der Waals surface area contributed by atoms with Gasteiger partial charge in [-0.15, -0.1) is 0 Å². The summed E-state index contributed by atoms with van der Waals surface area (Å²) in [6, 6.07) is 0.749. The van der Waals surface area contributed by atoms with Crippen LogP contribution in [0.1, 0.15) is 45.4 Å². The molecule has 5 heteroatoms. The van der Waals surface area contributed by atoms with Crippen molar-refractivity contribution in [3.8, 4) is 0 Å². The number of piperidine rings is 1. The van der Waals surface area contributed by atoms with Crippen LogP contribution in [0, 0.1) is 5.92 Å². The Morgan fingerprint density at radius 3 is 2.40 bits per heavy atom. The summed E-state index contributed by atoms with van der Waals surface area (Å²) < 4.78 is 4.80. The molecule has 0 aromatic heterocycles. The van der Waals surface area contributed by atoms with Crippen LogP contribution in [0.2, 0.25) is 0 Å². The molecule has 1 saturated carbocycles. The summed E-state index contributed by atoms with van der Waals surface area (Å²) in [5.41, 5.74) is 0. The zero-order valence-electron chi connectivity index (χ0n) is 12.4. The monoisotopic (exact) mass is 282 g/mol. The molecular formula is C15H26N2O3. The second kappa shape index (κ2) is 7.62. The van der Waals surface area contributed by atoms with E-state index in [4.69, 9.17) is 4.74 Å². The minimum Gasteiger partial charge on any atom is -0.465 e. The summed E-state index contributed by atoms with van der Waals surface area (Å²) in [4.78, 5) is 25.8. The molecule has 0 atom stereocenters. The lowest BCUT2D eigenvalue weighted by atomic mass is 9.94. The molecule has 2 aliphatic rings. The number of ether oxygens (including phenoxy) is 1. The van der Waals surface area contributed by atoms with Crippen molar-refractivity contribution in [3.05, 3.63) is 0 Å². The van der Waals surface area contributed by atoms with E-state index >= 15 is 0 Å². The fourth-order valence-electron chi connectivity index (χ4n) is 3.31. The molecule has 114 valence electrons. The van der Waals surface area contributed by atoms with Gasteiger partial charge in [0, 0.05) is 12.0 Å². The Labute approximate surface area is 121 Å². The third-order valence-electron chi connectivity index (χ3n) is 4.45. The topological polar surface area (TPSA) is 58.6 Å². The van der Waals surface area contributed by atoms with Crippen LogP contribution < -0.4 is 5.32 Å². The third kappa shape index (κ3) is 4.20. The van der Waals surface area contributed by atoms with E-state index in [1.165, 1.54) is 25.7 Å². The lowest BCUT2D eigenvalue weighted by Gasteiger charge is -2.35. The fourth-order valence-corrected chi connectivity index (χ4v) is 3.31. The molecule has 1 aliphatic heterocycles. The highest BCUT2D eigenvalue weighted by molar-refractivity contribution is 5.83. The van der Waals surface area contributed by atoms with Gasteiger partial charge in [-0.3, -0.25) is 9.59 Å². The van der Waals surface area contributed by atoms with Gasteiger partial charge in [0.1, 0.15) is 6.54 Å². The Bertz CT molecular complexity index is 332. The Kier molecular flexibility index (Phi) is 5.83. The molecule has 20 heavy (non-hydrogen) atoms. The van der Waals surface area contributed by atoms with Crippen LogP contribution in [0.5, 0.6) is 0 Å². The Hall–Kier alpha value is -1.10. The number of carbonyl (C=O) groups is 2. The highest BCUT2D eigenvalue weighted by Gasteiger charge is 2.29. The van der Waals surface area contributed by atoms with E-state index in [1.807, 2.05) is 0 Å². The van der Waals surface area contributed by atoms with Gasteiger partial charge in [0.05, 0.1) is 6.61 Å². The molecule has 5 nitrogen and oxygen atoms in total. The first-order chi connectivity index (χ1) is 9.70. The number of amides is 1. The molecule has 2 rings (SSSR count). The molecule has 0 radical (unpaired) electrons. The molecule has 1 amide bonds. The summed E-state index contributed by atoms with van der Waals surface area (Å²) in [5, 5.41) is 2.69. The van der Waals surface area contributed by atoms with Crippen molar-refractivity contribution in [2.75, 3.05) is 26.2 Å². The summed E-state index contributed by atoms with van der Waals surface area (Å²) in [7, 11) is 0. The predicted molar refractivity (Wildman–Crippen MR) is 76.2 cm³/mol. The number of nitrogens with zero attached hydrogens (tertiary/aromatic N) is 1. The molecule has 0 spiro atoms. The number of likely N-dealkylation sites (tertiary alicyclic amines) is 1. The van der Waals surface area contributed by atoms with Crippen LogP contribution in [-0.2, 0) is 14.3 Å². The van der Waals surface area contributed by atoms with Gasteiger partial charge in [-0.25, -0.2) is 0 Å². The highest BCUT2D eigenvalue weighted by Crippen LogP contribution is 2.27. The van der Waals surface area contributed by atoms with Crippen LogP contribution in [0.15, 0.2) is 0 Å². The van der Waals surface area contributed by atoms with Crippen LogP contribution in [0.3, 0.4) is 0 Å². The van der Waals surface area contributed by atoms with E-state index in [9.17, 15) is 9.59 Å². The van der Waals surface area contributed by atoms with E-state index in [0.717, 1.165) is 32.0 Å². The average molecular weight is 282 g/mol. The summed E-state index contributed by atoms with van der Waals surface area (Å²) in [6.45, 7) is 4.15. The van der Waals surface area contributed by atoms with Crippen molar-refractivity contribution in [1.29, 1.82) is 0 Å². The largest absolute Gasteiger partial charge is 0.465 e. The predicted octanol–water partition coefficient (Wildman–Crippen LogP) is 1.32. The molecule has 2 fully saturated rings. The normalized spacial score (nSPS) is 21.9. The highest BCUT2D eigenvalue weighted by atomic mass is 16.5. The standard InChI is InChI=1S/C15H26N2O3/c1-2-20-14(18)11-16-15(19)12-7-9-17(10-8-12)13-5-3-4-6-13/h12-13H,2-11H2,1H3,(H,16,19). The van der Waals surface area contributed by atoms with Crippen LogP contribution in [0.25, 0.3) is 0 Å².